The minimum absolute atomic E-state index is 0.00293. The van der Waals surface area contributed by atoms with Gasteiger partial charge in [-0.05, 0) is 36.5 Å². The molecule has 2 atom stereocenters. The minimum Gasteiger partial charge on any atom is -0.465 e. The lowest BCUT2D eigenvalue weighted by molar-refractivity contribution is -0.167. The fraction of sp³-hybridized carbons (Fsp3) is 0.364. The van der Waals surface area contributed by atoms with E-state index in [4.69, 9.17) is 4.74 Å². The molecule has 1 saturated heterocycles. The van der Waals surface area contributed by atoms with Gasteiger partial charge in [0.25, 0.3) is 0 Å². The lowest BCUT2D eigenvalue weighted by Gasteiger charge is -2.48. The number of nitrogens with zero attached hydrogens (tertiary/aromatic N) is 1. The topological polar surface area (TPSA) is 46.6 Å². The molecule has 2 bridgehead atoms. The fourth-order valence-corrected chi connectivity index (χ4v) is 4.35. The molecule has 0 saturated carbocycles. The number of ether oxygens (including phenoxy) is 1. The van der Waals surface area contributed by atoms with Gasteiger partial charge in [0.05, 0.1) is 12.6 Å². The lowest BCUT2D eigenvalue weighted by Crippen LogP contribution is -2.57. The maximum atomic E-state index is 13.5. The van der Waals surface area contributed by atoms with Gasteiger partial charge in [0.15, 0.2) is 5.78 Å². The van der Waals surface area contributed by atoms with Gasteiger partial charge < -0.3 is 4.74 Å². The Morgan fingerprint density at radius 1 is 1.15 bits per heavy atom. The summed E-state index contributed by atoms with van der Waals surface area (Å²) in [6.45, 7) is 3.49. The number of esters is 1. The second-order valence-corrected chi connectivity index (χ2v) is 7.15. The first-order chi connectivity index (χ1) is 12.7. The maximum absolute atomic E-state index is 13.5. The smallest absolute Gasteiger partial charge is 0.320 e. The van der Waals surface area contributed by atoms with Crippen molar-refractivity contribution < 1.29 is 14.3 Å². The molecular formula is C22H23NO3. The van der Waals surface area contributed by atoms with Crippen LogP contribution in [-0.4, -0.2) is 29.8 Å². The molecular weight excluding hydrogens is 326 g/mol. The van der Waals surface area contributed by atoms with E-state index in [9.17, 15) is 9.59 Å². The maximum Gasteiger partial charge on any atom is 0.320 e. The highest BCUT2D eigenvalue weighted by atomic mass is 16.5. The normalized spacial score (nSPS) is 24.8. The van der Waals surface area contributed by atoms with Gasteiger partial charge in [-0.2, -0.15) is 0 Å². The summed E-state index contributed by atoms with van der Waals surface area (Å²) in [5.74, 6) is -0.360. The van der Waals surface area contributed by atoms with Crippen LogP contribution in [0.3, 0.4) is 0 Å². The third-order valence-corrected chi connectivity index (χ3v) is 5.65. The van der Waals surface area contributed by atoms with Crippen molar-refractivity contribution in [3.8, 4) is 0 Å². The Morgan fingerprint density at radius 2 is 1.88 bits per heavy atom. The number of Topliss-reactive ketones (excluding diaryl/α,β-unsaturated/α-hetero) is 1. The van der Waals surface area contributed by atoms with Crippen molar-refractivity contribution in [1.29, 1.82) is 0 Å². The van der Waals surface area contributed by atoms with Gasteiger partial charge in [0.1, 0.15) is 5.41 Å². The number of carbonyl (C=O) groups excluding carboxylic acids is 2. The van der Waals surface area contributed by atoms with Crippen molar-refractivity contribution in [1.82, 2.24) is 4.90 Å². The van der Waals surface area contributed by atoms with Gasteiger partial charge in [0, 0.05) is 13.1 Å². The Kier molecular flexibility index (Phi) is 4.37. The van der Waals surface area contributed by atoms with Crippen LogP contribution in [0.1, 0.15) is 36.1 Å². The molecule has 0 aromatic heterocycles. The number of ketones is 1. The molecule has 0 unspecified atom stereocenters. The Morgan fingerprint density at radius 3 is 2.65 bits per heavy atom. The van der Waals surface area contributed by atoms with Crippen LogP contribution < -0.4 is 0 Å². The van der Waals surface area contributed by atoms with E-state index < -0.39 is 5.41 Å². The molecule has 1 aliphatic heterocycles. The Bertz CT molecular complexity index is 832. The molecule has 1 aliphatic carbocycles. The average molecular weight is 349 g/mol. The minimum atomic E-state index is -1.03. The number of piperidine rings is 1. The van der Waals surface area contributed by atoms with Crippen LogP contribution in [0.5, 0.6) is 0 Å². The first kappa shape index (κ1) is 17.0. The Labute approximate surface area is 153 Å². The third kappa shape index (κ3) is 2.65. The van der Waals surface area contributed by atoms with Crippen molar-refractivity contribution in [3.63, 3.8) is 0 Å². The molecule has 1 fully saturated rings. The second-order valence-electron chi connectivity index (χ2n) is 7.15. The predicted molar refractivity (Wildman–Crippen MR) is 98.4 cm³/mol. The van der Waals surface area contributed by atoms with E-state index in [1.54, 1.807) is 6.92 Å². The molecule has 2 aromatic carbocycles. The van der Waals surface area contributed by atoms with Gasteiger partial charge >= 0.3 is 5.97 Å². The summed E-state index contributed by atoms with van der Waals surface area (Å²) in [5, 5.41) is 0. The zero-order valence-corrected chi connectivity index (χ0v) is 15.0. The second kappa shape index (κ2) is 6.69. The standard InChI is InChI=1S/C22H23NO3/c1-2-26-21(25)22-12-13-23(15-16-8-4-3-5-9-16)19(20(22)24)18-11-7-6-10-17(18)14-22/h3-11,19H,2,12-15H2,1H3/t19-,22-/m1/s1. The van der Waals surface area contributed by atoms with E-state index in [1.165, 1.54) is 5.56 Å². The highest BCUT2D eigenvalue weighted by molar-refractivity contribution is 6.08. The molecule has 2 aromatic rings. The number of fused-ring (bicyclic) bond motifs is 4. The van der Waals surface area contributed by atoms with Crippen LogP contribution in [0.15, 0.2) is 54.6 Å². The summed E-state index contributed by atoms with van der Waals surface area (Å²) in [6.07, 6.45) is 0.971. The molecule has 0 amide bonds. The van der Waals surface area contributed by atoms with E-state index in [-0.39, 0.29) is 17.8 Å². The Hall–Kier alpha value is -2.46. The first-order valence-corrected chi connectivity index (χ1v) is 9.23. The molecule has 1 heterocycles. The van der Waals surface area contributed by atoms with Crippen molar-refractivity contribution in [2.24, 2.45) is 5.41 Å². The molecule has 0 radical (unpaired) electrons. The van der Waals surface area contributed by atoms with Gasteiger partial charge in [-0.15, -0.1) is 0 Å². The quantitative estimate of drug-likeness (QED) is 0.628. The van der Waals surface area contributed by atoms with Crippen molar-refractivity contribution in [2.75, 3.05) is 13.2 Å². The first-order valence-electron chi connectivity index (χ1n) is 9.23. The highest BCUT2D eigenvalue weighted by Crippen LogP contribution is 2.48. The average Bonchev–Trinajstić information content (AvgIpc) is 2.65. The molecule has 0 N–H and O–H groups in total. The summed E-state index contributed by atoms with van der Waals surface area (Å²) in [5.41, 5.74) is 2.27. The number of hydrogen-bond donors (Lipinski definition) is 0. The van der Waals surface area contributed by atoms with Crippen LogP contribution in [0.4, 0.5) is 0 Å². The molecule has 26 heavy (non-hydrogen) atoms. The molecule has 4 nitrogen and oxygen atoms in total. The summed E-state index contributed by atoms with van der Waals surface area (Å²) in [7, 11) is 0. The zero-order chi connectivity index (χ0) is 18.1. The molecule has 2 aliphatic rings. The SMILES string of the molecule is CCOC(=O)[C@@]12CCN(Cc3ccccc3)[C@@H](C1=O)c1ccccc1C2. The number of hydrogen-bond acceptors (Lipinski definition) is 4. The molecule has 4 rings (SSSR count). The van der Waals surface area contributed by atoms with Crippen molar-refractivity contribution in [3.05, 3.63) is 71.3 Å². The van der Waals surface area contributed by atoms with Gasteiger partial charge in [-0.3, -0.25) is 14.5 Å². The summed E-state index contributed by atoms with van der Waals surface area (Å²) >= 11 is 0. The van der Waals surface area contributed by atoms with E-state index >= 15 is 0 Å². The molecule has 4 heteroatoms. The van der Waals surface area contributed by atoms with Gasteiger partial charge in [-0.1, -0.05) is 54.6 Å². The number of benzene rings is 2. The molecule has 0 spiro atoms. The van der Waals surface area contributed by atoms with E-state index in [2.05, 4.69) is 17.0 Å². The van der Waals surface area contributed by atoms with Crippen molar-refractivity contribution in [2.45, 2.75) is 32.4 Å². The summed E-state index contributed by atoms with van der Waals surface area (Å²) in [6, 6.07) is 17.8. The largest absolute Gasteiger partial charge is 0.465 e. The van der Waals surface area contributed by atoms with Crippen LogP contribution >= 0.6 is 0 Å². The zero-order valence-electron chi connectivity index (χ0n) is 15.0. The fourth-order valence-electron chi connectivity index (χ4n) is 4.35. The van der Waals surface area contributed by atoms with Crippen LogP contribution in [0.25, 0.3) is 0 Å². The van der Waals surface area contributed by atoms with Crippen LogP contribution in [0.2, 0.25) is 0 Å². The van der Waals surface area contributed by atoms with Crippen molar-refractivity contribution >= 4 is 11.8 Å². The highest BCUT2D eigenvalue weighted by Gasteiger charge is 2.57. The van der Waals surface area contributed by atoms with Gasteiger partial charge in [-0.25, -0.2) is 0 Å². The number of carbonyl (C=O) groups is 2. The lowest BCUT2D eigenvalue weighted by atomic mass is 9.64. The monoisotopic (exact) mass is 349 g/mol. The van der Waals surface area contributed by atoms with E-state index in [0.717, 1.165) is 11.1 Å². The summed E-state index contributed by atoms with van der Waals surface area (Å²) in [4.78, 5) is 28.4. The van der Waals surface area contributed by atoms with Crippen LogP contribution in [0, 0.1) is 5.41 Å². The molecule has 134 valence electrons. The Balaban J connectivity index is 1.74. The predicted octanol–water partition coefficient (Wildman–Crippen LogP) is 3.31. The van der Waals surface area contributed by atoms with Crippen LogP contribution in [-0.2, 0) is 27.3 Å². The van der Waals surface area contributed by atoms with E-state index in [1.807, 2.05) is 42.5 Å². The summed E-state index contributed by atoms with van der Waals surface area (Å²) < 4.78 is 5.32. The van der Waals surface area contributed by atoms with Gasteiger partial charge in [0.2, 0.25) is 0 Å². The van der Waals surface area contributed by atoms with E-state index in [0.29, 0.717) is 32.5 Å². The number of likely N-dealkylation sites (tertiary alicyclic amines) is 1. The number of rotatable bonds is 4. The third-order valence-electron chi connectivity index (χ3n) is 5.65.